The Bertz CT molecular complexity index is 1750. The zero-order valence-electron chi connectivity index (χ0n) is 22.2. The quantitative estimate of drug-likeness (QED) is 0.162. The minimum Gasteiger partial charge on any atom is -0.508 e. The van der Waals surface area contributed by atoms with Gasteiger partial charge in [0.1, 0.15) is 11.3 Å². The summed E-state index contributed by atoms with van der Waals surface area (Å²) in [5.41, 5.74) is 5.12. The van der Waals surface area contributed by atoms with Gasteiger partial charge in [-0.3, -0.25) is 4.79 Å². The van der Waals surface area contributed by atoms with Gasteiger partial charge in [0.2, 0.25) is 5.76 Å². The van der Waals surface area contributed by atoms with Crippen molar-refractivity contribution in [2.45, 2.75) is 19.9 Å². The SMILES string of the molecule is Cc1c(C(=O)O)oc2ccc(N(CCC(=O)c3ccc(-c4ccc(C(=O)O)cc4)cc3)Cc3cccc(O)c3)cc12. The number of hydrogen-bond donors (Lipinski definition) is 3. The number of hydrogen-bond acceptors (Lipinski definition) is 6. The summed E-state index contributed by atoms with van der Waals surface area (Å²) in [6.45, 7) is 2.49. The molecule has 5 aromatic rings. The summed E-state index contributed by atoms with van der Waals surface area (Å²) in [5, 5.41) is 29.2. The molecule has 0 bridgehead atoms. The highest BCUT2D eigenvalue weighted by Crippen LogP contribution is 2.31. The number of furan rings is 1. The molecule has 0 radical (unpaired) electrons. The summed E-state index contributed by atoms with van der Waals surface area (Å²) in [5.74, 6) is -2.13. The van der Waals surface area contributed by atoms with Crippen LogP contribution in [0.25, 0.3) is 22.1 Å². The first-order valence-electron chi connectivity index (χ1n) is 13.0. The van der Waals surface area contributed by atoms with Crippen molar-refractivity contribution in [1.82, 2.24) is 0 Å². The Morgan fingerprint density at radius 1 is 0.780 bits per heavy atom. The van der Waals surface area contributed by atoms with Gasteiger partial charge in [-0.15, -0.1) is 0 Å². The van der Waals surface area contributed by atoms with Gasteiger partial charge in [0.15, 0.2) is 5.78 Å². The number of phenols is 1. The molecule has 0 amide bonds. The second-order valence-corrected chi connectivity index (χ2v) is 9.77. The van der Waals surface area contributed by atoms with Crippen LogP contribution in [0.1, 0.15) is 48.8 Å². The molecule has 0 saturated heterocycles. The molecule has 0 saturated carbocycles. The topological polar surface area (TPSA) is 128 Å². The van der Waals surface area contributed by atoms with Crippen molar-refractivity contribution in [1.29, 1.82) is 0 Å². The Labute approximate surface area is 235 Å². The Kier molecular flexibility index (Phi) is 7.56. The number of carbonyl (C=O) groups is 3. The van der Waals surface area contributed by atoms with E-state index in [1.54, 1.807) is 67.6 Å². The molecule has 0 spiro atoms. The van der Waals surface area contributed by atoms with Crippen molar-refractivity contribution in [3.8, 4) is 16.9 Å². The third-order valence-corrected chi connectivity index (χ3v) is 7.04. The van der Waals surface area contributed by atoms with Gasteiger partial charge in [0.05, 0.1) is 5.56 Å². The van der Waals surface area contributed by atoms with Crippen molar-refractivity contribution in [2.75, 3.05) is 11.4 Å². The van der Waals surface area contributed by atoms with Crippen LogP contribution in [-0.2, 0) is 6.54 Å². The minimum absolute atomic E-state index is 0.0487. The second kappa shape index (κ2) is 11.4. The number of ketones is 1. The van der Waals surface area contributed by atoms with Gasteiger partial charge in [-0.05, 0) is 66.1 Å². The van der Waals surface area contributed by atoms with E-state index < -0.39 is 11.9 Å². The molecule has 5 rings (SSSR count). The number of nitrogens with zero attached hydrogens (tertiary/aromatic N) is 1. The first-order chi connectivity index (χ1) is 19.7. The number of aryl methyl sites for hydroxylation is 1. The standard InChI is InChI=1S/C33H27NO7/c1-20-28-18-26(13-14-30(28)41-31(20)33(39)40)34(19-21-3-2-4-27(35)17-21)16-15-29(36)24-9-5-22(6-10-24)23-7-11-25(12-8-23)32(37)38/h2-14,17-18,35H,15-16,19H2,1H3,(H,37,38)(H,39,40). The summed E-state index contributed by atoms with van der Waals surface area (Å²) in [4.78, 5) is 37.9. The van der Waals surface area contributed by atoms with E-state index in [0.717, 1.165) is 22.4 Å². The molecule has 4 aromatic carbocycles. The molecule has 0 unspecified atom stereocenters. The number of carboxylic acids is 2. The van der Waals surface area contributed by atoms with Gasteiger partial charge in [-0.25, -0.2) is 9.59 Å². The Morgan fingerprint density at radius 2 is 1.44 bits per heavy atom. The maximum absolute atomic E-state index is 13.2. The molecule has 0 fully saturated rings. The van der Waals surface area contributed by atoms with Crippen LogP contribution in [0.2, 0.25) is 0 Å². The lowest BCUT2D eigenvalue weighted by Gasteiger charge is -2.25. The molecule has 206 valence electrons. The van der Waals surface area contributed by atoms with Crippen molar-refractivity contribution < 1.29 is 34.1 Å². The second-order valence-electron chi connectivity index (χ2n) is 9.77. The number of aromatic carboxylic acids is 2. The van der Waals surface area contributed by atoms with Crippen LogP contribution in [0.3, 0.4) is 0 Å². The summed E-state index contributed by atoms with van der Waals surface area (Å²) >= 11 is 0. The van der Waals surface area contributed by atoms with Crippen LogP contribution in [0.5, 0.6) is 5.75 Å². The van der Waals surface area contributed by atoms with Crippen molar-refractivity contribution in [3.05, 3.63) is 119 Å². The lowest BCUT2D eigenvalue weighted by Crippen LogP contribution is -2.25. The van der Waals surface area contributed by atoms with Gasteiger partial charge in [-0.2, -0.15) is 0 Å². The number of fused-ring (bicyclic) bond motifs is 1. The number of carboxylic acid groups (broad SMARTS) is 2. The smallest absolute Gasteiger partial charge is 0.372 e. The maximum Gasteiger partial charge on any atom is 0.372 e. The average Bonchev–Trinajstić information content (AvgIpc) is 3.31. The predicted molar refractivity (Wildman–Crippen MR) is 155 cm³/mol. The molecule has 8 nitrogen and oxygen atoms in total. The molecule has 3 N–H and O–H groups in total. The minimum atomic E-state index is -1.13. The molecule has 0 aliphatic heterocycles. The van der Waals surface area contributed by atoms with Crippen LogP contribution >= 0.6 is 0 Å². The van der Waals surface area contributed by atoms with Crippen LogP contribution in [0, 0.1) is 6.92 Å². The van der Waals surface area contributed by atoms with E-state index in [1.165, 1.54) is 0 Å². The Hall–Kier alpha value is -5.37. The zero-order valence-corrected chi connectivity index (χ0v) is 22.2. The van der Waals surface area contributed by atoms with E-state index in [0.29, 0.717) is 35.2 Å². The average molecular weight is 550 g/mol. The highest BCUT2D eigenvalue weighted by Gasteiger charge is 2.19. The Morgan fingerprint density at radius 3 is 2.05 bits per heavy atom. The normalized spacial score (nSPS) is 11.0. The lowest BCUT2D eigenvalue weighted by molar-refractivity contribution is 0.0661. The summed E-state index contributed by atoms with van der Waals surface area (Å²) in [6.07, 6.45) is 0.217. The summed E-state index contributed by atoms with van der Waals surface area (Å²) in [6, 6.07) is 26.1. The van der Waals surface area contributed by atoms with E-state index >= 15 is 0 Å². The van der Waals surface area contributed by atoms with E-state index in [4.69, 9.17) is 9.52 Å². The third kappa shape index (κ3) is 5.96. The fourth-order valence-corrected chi connectivity index (χ4v) is 4.82. The number of Topliss-reactive ketones (excluding diaryl/α,β-unsaturated/α-hetero) is 1. The molecular formula is C33H27NO7. The number of phenolic OH excluding ortho intramolecular Hbond substituents is 1. The van der Waals surface area contributed by atoms with Crippen LogP contribution in [-0.4, -0.2) is 39.6 Å². The van der Waals surface area contributed by atoms with E-state index in [9.17, 15) is 24.6 Å². The van der Waals surface area contributed by atoms with E-state index in [2.05, 4.69) is 0 Å². The van der Waals surface area contributed by atoms with Gasteiger partial charge < -0.3 is 24.6 Å². The van der Waals surface area contributed by atoms with Crippen LogP contribution < -0.4 is 4.90 Å². The summed E-state index contributed by atoms with van der Waals surface area (Å²) < 4.78 is 5.51. The van der Waals surface area contributed by atoms with Crippen molar-refractivity contribution in [2.24, 2.45) is 0 Å². The van der Waals surface area contributed by atoms with Crippen molar-refractivity contribution >= 4 is 34.4 Å². The number of aromatic hydroxyl groups is 1. The van der Waals surface area contributed by atoms with Gasteiger partial charge in [0, 0.05) is 41.7 Å². The monoisotopic (exact) mass is 549 g/mol. The highest BCUT2D eigenvalue weighted by atomic mass is 16.4. The van der Waals surface area contributed by atoms with Gasteiger partial charge in [-0.1, -0.05) is 48.5 Å². The first kappa shape index (κ1) is 27.2. The number of carbonyl (C=O) groups excluding carboxylic acids is 1. The molecule has 0 aliphatic carbocycles. The Balaban J connectivity index is 1.36. The largest absolute Gasteiger partial charge is 0.508 e. The predicted octanol–water partition coefficient (Wildman–Crippen LogP) is 6.79. The number of anilines is 1. The highest BCUT2D eigenvalue weighted by molar-refractivity contribution is 5.97. The number of benzene rings is 4. The van der Waals surface area contributed by atoms with E-state index in [-0.39, 0.29) is 29.3 Å². The maximum atomic E-state index is 13.2. The fraction of sp³-hybridized carbons (Fsp3) is 0.121. The number of rotatable bonds is 10. The fourth-order valence-electron chi connectivity index (χ4n) is 4.82. The molecule has 41 heavy (non-hydrogen) atoms. The van der Waals surface area contributed by atoms with Crippen LogP contribution in [0.15, 0.2) is 95.4 Å². The lowest BCUT2D eigenvalue weighted by atomic mass is 10.0. The summed E-state index contributed by atoms with van der Waals surface area (Å²) in [7, 11) is 0. The van der Waals surface area contributed by atoms with Gasteiger partial charge >= 0.3 is 11.9 Å². The molecule has 8 heteroatoms. The first-order valence-corrected chi connectivity index (χ1v) is 13.0. The molecular weight excluding hydrogens is 522 g/mol. The molecule has 1 aromatic heterocycles. The van der Waals surface area contributed by atoms with Gasteiger partial charge in [0.25, 0.3) is 0 Å². The third-order valence-electron chi connectivity index (χ3n) is 7.04. The van der Waals surface area contributed by atoms with Crippen molar-refractivity contribution in [3.63, 3.8) is 0 Å². The molecule has 0 aliphatic rings. The molecule has 0 atom stereocenters. The van der Waals surface area contributed by atoms with E-state index in [1.807, 2.05) is 35.2 Å². The zero-order chi connectivity index (χ0) is 29.1. The van der Waals surface area contributed by atoms with Crippen LogP contribution in [0.4, 0.5) is 5.69 Å². The molecule has 1 heterocycles.